The molecule has 0 N–H and O–H groups in total. The van der Waals surface area contributed by atoms with E-state index in [0.29, 0.717) is 12.8 Å². The van der Waals surface area contributed by atoms with Gasteiger partial charge in [0.05, 0.1) is 15.8 Å². The van der Waals surface area contributed by atoms with Crippen molar-refractivity contribution in [2.45, 2.75) is 48.2 Å². The number of Topliss-reactive ketones (excluding diaryl/α,β-unsaturated/α-hetero) is 1. The molecule has 42 heavy (non-hydrogen) atoms. The molecule has 1 aromatic carbocycles. The van der Waals surface area contributed by atoms with Gasteiger partial charge in [-0.1, -0.05) is 0 Å². The molecule has 3 saturated carbocycles. The molecule has 3 aliphatic carbocycles. The summed E-state index contributed by atoms with van der Waals surface area (Å²) in [4.78, 5) is 27.4. The summed E-state index contributed by atoms with van der Waals surface area (Å²) < 4.78 is 122. The molecule has 2 bridgehead atoms. The summed E-state index contributed by atoms with van der Waals surface area (Å²) in [6, 6.07) is 4.87. The molecule has 1 unspecified atom stereocenters. The SMILES string of the molecule is O=C(CCc1cc(-c2cnc(C(F)(F)F)nc2)nc(OCC(F)(F)F)n1)[C@@H]1C2CC(C2)C1S(=O)(=O)c1ccc(F)cc1. The number of benzene rings is 1. The predicted molar refractivity (Wildman–Crippen MR) is 130 cm³/mol. The van der Waals surface area contributed by atoms with Crippen molar-refractivity contribution in [1.82, 2.24) is 19.9 Å². The average Bonchev–Trinajstić information content (AvgIpc) is 3.48. The van der Waals surface area contributed by atoms with Gasteiger partial charge in [-0.05, 0) is 61.4 Å². The van der Waals surface area contributed by atoms with Crippen LogP contribution in [0.1, 0.15) is 30.8 Å². The third-order valence-corrected chi connectivity index (χ3v) is 9.69. The summed E-state index contributed by atoms with van der Waals surface area (Å²) in [5.41, 5.74) is -0.177. The highest BCUT2D eigenvalue weighted by Crippen LogP contribution is 2.56. The quantitative estimate of drug-likeness (QED) is 0.243. The van der Waals surface area contributed by atoms with Gasteiger partial charge in [0.25, 0.3) is 0 Å². The van der Waals surface area contributed by atoms with Gasteiger partial charge < -0.3 is 4.74 Å². The molecule has 16 heteroatoms. The zero-order valence-corrected chi connectivity index (χ0v) is 22.2. The Morgan fingerprint density at radius 2 is 1.60 bits per heavy atom. The number of carbonyl (C=O) groups is 1. The number of carbonyl (C=O) groups excluding carboxylic acids is 1. The number of rotatable bonds is 9. The van der Waals surface area contributed by atoms with Crippen LogP contribution in [0.3, 0.4) is 0 Å². The summed E-state index contributed by atoms with van der Waals surface area (Å²) in [5.74, 6) is -3.63. The van der Waals surface area contributed by atoms with Crippen molar-refractivity contribution in [3.8, 4) is 17.3 Å². The first kappa shape index (κ1) is 29.8. The second-order valence-electron chi connectivity index (χ2n) is 10.2. The van der Waals surface area contributed by atoms with Crippen molar-refractivity contribution in [1.29, 1.82) is 0 Å². The van der Waals surface area contributed by atoms with Gasteiger partial charge >= 0.3 is 18.4 Å². The highest BCUT2D eigenvalue weighted by atomic mass is 32.2. The third kappa shape index (κ3) is 6.22. The molecule has 2 heterocycles. The Morgan fingerprint density at radius 3 is 2.19 bits per heavy atom. The molecule has 0 amide bonds. The maximum atomic E-state index is 13.4. The number of nitrogens with zero attached hydrogens (tertiary/aromatic N) is 4. The number of hydrogen-bond acceptors (Lipinski definition) is 8. The van der Waals surface area contributed by atoms with E-state index >= 15 is 0 Å². The lowest BCUT2D eigenvalue weighted by Crippen LogP contribution is -2.32. The number of ketones is 1. The van der Waals surface area contributed by atoms with Crippen LogP contribution in [0.15, 0.2) is 47.6 Å². The van der Waals surface area contributed by atoms with Gasteiger partial charge in [0, 0.05) is 36.0 Å². The highest BCUT2D eigenvalue weighted by Gasteiger charge is 2.59. The van der Waals surface area contributed by atoms with Crippen molar-refractivity contribution in [3.05, 3.63) is 60.1 Å². The smallest absolute Gasteiger partial charge is 0.451 e. The maximum Gasteiger partial charge on any atom is 0.451 e. The third-order valence-electron chi connectivity index (χ3n) is 7.36. The fourth-order valence-electron chi connectivity index (χ4n) is 5.49. The van der Waals surface area contributed by atoms with Gasteiger partial charge in [-0.25, -0.2) is 27.8 Å². The Labute approximate surface area is 234 Å². The van der Waals surface area contributed by atoms with Crippen molar-refractivity contribution >= 4 is 15.6 Å². The topological polar surface area (TPSA) is 112 Å². The molecule has 8 nitrogen and oxygen atoms in total. The molecular weight excluding hydrogens is 597 g/mol. The van der Waals surface area contributed by atoms with Gasteiger partial charge in [0.2, 0.25) is 5.82 Å². The molecule has 0 saturated heterocycles. The van der Waals surface area contributed by atoms with Crippen LogP contribution in [0, 0.1) is 23.6 Å². The minimum absolute atomic E-state index is 0.0358. The van der Waals surface area contributed by atoms with E-state index in [1.54, 1.807) is 0 Å². The van der Waals surface area contributed by atoms with E-state index in [4.69, 9.17) is 0 Å². The van der Waals surface area contributed by atoms with Gasteiger partial charge in [0.15, 0.2) is 16.4 Å². The fraction of sp³-hybridized carbons (Fsp3) is 0.423. The van der Waals surface area contributed by atoms with Crippen molar-refractivity contribution in [2.24, 2.45) is 17.8 Å². The lowest BCUT2D eigenvalue weighted by molar-refractivity contribution is -0.154. The number of aromatic nitrogens is 4. The largest absolute Gasteiger partial charge is 0.454 e. The number of fused-ring (bicyclic) bond motifs is 1. The first-order chi connectivity index (χ1) is 19.6. The number of ether oxygens (including phenoxy) is 1. The maximum absolute atomic E-state index is 13.4. The fourth-order valence-corrected chi connectivity index (χ4v) is 7.81. The Balaban J connectivity index is 1.37. The van der Waals surface area contributed by atoms with Crippen LogP contribution >= 0.6 is 0 Å². The monoisotopic (exact) mass is 618 g/mol. The van der Waals surface area contributed by atoms with E-state index in [2.05, 4.69) is 24.7 Å². The number of alkyl halides is 6. The van der Waals surface area contributed by atoms with E-state index in [9.17, 15) is 43.9 Å². The lowest BCUT2D eigenvalue weighted by Gasteiger charge is -2.24. The summed E-state index contributed by atoms with van der Waals surface area (Å²) in [5, 5.41) is -0.989. The van der Waals surface area contributed by atoms with Crippen LogP contribution in [0.25, 0.3) is 11.3 Å². The highest BCUT2D eigenvalue weighted by molar-refractivity contribution is 7.92. The number of sulfone groups is 1. The zero-order valence-electron chi connectivity index (χ0n) is 21.4. The summed E-state index contributed by atoms with van der Waals surface area (Å²) in [7, 11) is -3.96. The Bertz CT molecular complexity index is 1570. The molecule has 0 aliphatic heterocycles. The van der Waals surface area contributed by atoms with Gasteiger partial charge in [-0.3, -0.25) is 4.79 Å². The Kier molecular flexibility index (Phi) is 7.70. The van der Waals surface area contributed by atoms with E-state index in [1.807, 2.05) is 0 Å². The average molecular weight is 619 g/mol. The van der Waals surface area contributed by atoms with E-state index in [1.165, 1.54) is 6.07 Å². The van der Waals surface area contributed by atoms with Gasteiger partial charge in [-0.2, -0.15) is 31.3 Å². The number of halogens is 7. The molecule has 6 rings (SSSR count). The van der Waals surface area contributed by atoms with Crippen LogP contribution in [-0.4, -0.2) is 52.2 Å². The molecule has 0 radical (unpaired) electrons. The molecule has 2 atom stereocenters. The minimum atomic E-state index is -4.82. The molecule has 2 aromatic heterocycles. The molecule has 3 aromatic rings. The second-order valence-corrected chi connectivity index (χ2v) is 12.3. The van der Waals surface area contributed by atoms with Crippen molar-refractivity contribution in [3.63, 3.8) is 0 Å². The van der Waals surface area contributed by atoms with Crippen molar-refractivity contribution in [2.75, 3.05) is 6.61 Å². The zero-order chi connectivity index (χ0) is 30.4. The normalized spacial score (nSPS) is 22.1. The second kappa shape index (κ2) is 10.9. The standard InChI is InChI=1S/C26H21F7N4O4S/c27-16-1-4-18(5-2-16)42(39,40)22-14-7-13(8-14)21(22)20(38)6-3-17-9-19(37-24(36-17)41-12-25(28,29)30)15-10-34-23(35-11-15)26(31,32)33/h1-2,4-5,9-11,13-14,21-22H,3,6-8,12H2/t13?,14?,21-,22?/m0/s1. The Hall–Kier alpha value is -3.69. The van der Waals surface area contributed by atoms with Gasteiger partial charge in [0.1, 0.15) is 11.6 Å². The summed E-state index contributed by atoms with van der Waals surface area (Å²) >= 11 is 0. The van der Waals surface area contributed by atoms with Crippen LogP contribution < -0.4 is 4.74 Å². The molecule has 3 aliphatic rings. The minimum Gasteiger partial charge on any atom is -0.454 e. The molecule has 3 fully saturated rings. The number of hydrogen-bond donors (Lipinski definition) is 0. The van der Waals surface area contributed by atoms with Gasteiger partial charge in [-0.15, -0.1) is 0 Å². The van der Waals surface area contributed by atoms with Crippen LogP contribution in [-0.2, 0) is 27.2 Å². The molecule has 0 spiro atoms. The Morgan fingerprint density at radius 1 is 0.952 bits per heavy atom. The lowest BCUT2D eigenvalue weighted by atomic mass is 9.81. The molecule has 224 valence electrons. The van der Waals surface area contributed by atoms with E-state index in [0.717, 1.165) is 36.7 Å². The summed E-state index contributed by atoms with van der Waals surface area (Å²) in [6.45, 7) is -1.74. The van der Waals surface area contributed by atoms with E-state index < -0.39 is 57.6 Å². The first-order valence-electron chi connectivity index (χ1n) is 12.6. The van der Waals surface area contributed by atoms with Crippen molar-refractivity contribution < 1.29 is 48.7 Å². The predicted octanol–water partition coefficient (Wildman–Crippen LogP) is 5.03. The number of aryl methyl sites for hydroxylation is 1. The molecular formula is C26H21F7N4O4S. The van der Waals surface area contributed by atoms with Crippen LogP contribution in [0.5, 0.6) is 6.01 Å². The summed E-state index contributed by atoms with van der Waals surface area (Å²) in [6.07, 6.45) is -7.25. The van der Waals surface area contributed by atoms with E-state index in [-0.39, 0.29) is 52.3 Å². The van der Waals surface area contributed by atoms with Crippen LogP contribution in [0.2, 0.25) is 0 Å². The first-order valence-corrected chi connectivity index (χ1v) is 14.2. The van der Waals surface area contributed by atoms with Crippen LogP contribution in [0.4, 0.5) is 30.7 Å².